The fraction of sp³-hybridized carbons (Fsp3) is 0.538. The third-order valence-corrected chi connectivity index (χ3v) is 4.88. The zero-order valence-corrected chi connectivity index (χ0v) is 13.1. The first-order valence-electron chi connectivity index (χ1n) is 6.68. The summed E-state index contributed by atoms with van der Waals surface area (Å²) in [4.78, 5) is 26.0. The molecule has 21 heavy (non-hydrogen) atoms. The molecule has 1 saturated carbocycles. The van der Waals surface area contributed by atoms with Gasteiger partial charge in [0.1, 0.15) is 17.6 Å². The minimum Gasteiger partial charge on any atom is -0.480 e. The number of nitrogens with one attached hydrogen (secondary N) is 1. The molecule has 0 amide bonds. The largest absolute Gasteiger partial charge is 0.480 e. The van der Waals surface area contributed by atoms with Gasteiger partial charge in [-0.15, -0.1) is 0 Å². The number of carbonyl (C=O) groups is 1. The molecule has 2 rings (SSSR count). The second-order valence-electron chi connectivity index (χ2n) is 5.26. The van der Waals surface area contributed by atoms with E-state index in [1.54, 1.807) is 6.92 Å². The molecule has 8 heteroatoms. The van der Waals surface area contributed by atoms with Crippen molar-refractivity contribution < 1.29 is 14.8 Å². The van der Waals surface area contributed by atoms with E-state index < -0.39 is 16.4 Å². The minimum atomic E-state index is -1.05. The van der Waals surface area contributed by atoms with E-state index in [4.69, 9.17) is 0 Å². The highest BCUT2D eigenvalue weighted by Gasteiger charge is 2.40. The highest BCUT2D eigenvalue weighted by atomic mass is 79.9. The molecular weight excluding hydrogens is 342 g/mol. The molecular formula is C13H16BrN3O4. The summed E-state index contributed by atoms with van der Waals surface area (Å²) >= 11 is 3.28. The van der Waals surface area contributed by atoms with E-state index in [1.807, 2.05) is 0 Å². The molecule has 1 aliphatic carbocycles. The van der Waals surface area contributed by atoms with Crippen LogP contribution in [0.5, 0.6) is 0 Å². The first-order chi connectivity index (χ1) is 9.87. The van der Waals surface area contributed by atoms with E-state index >= 15 is 0 Å². The fourth-order valence-corrected chi connectivity index (χ4v) is 3.02. The molecule has 1 aromatic rings. The topological polar surface area (TPSA) is 105 Å². The van der Waals surface area contributed by atoms with Crippen molar-refractivity contribution in [1.82, 2.24) is 4.98 Å². The Hall–Kier alpha value is -1.70. The van der Waals surface area contributed by atoms with Crippen LogP contribution in [0.15, 0.2) is 10.7 Å². The standard InChI is InChI=1S/C13H16BrN3O4/c1-8-9(17(20)21)7-15-11(10(8)14)16-13(12(18)19)5-3-2-4-6-13/h7H,2-6H2,1H3,(H,15,16)(H,18,19). The quantitative estimate of drug-likeness (QED) is 0.632. The number of nitrogens with zero attached hydrogens (tertiary/aromatic N) is 2. The lowest BCUT2D eigenvalue weighted by Gasteiger charge is -2.34. The van der Waals surface area contributed by atoms with Crippen molar-refractivity contribution in [2.24, 2.45) is 0 Å². The molecule has 1 aliphatic rings. The predicted molar refractivity (Wildman–Crippen MR) is 80.4 cm³/mol. The van der Waals surface area contributed by atoms with E-state index in [0.717, 1.165) is 25.5 Å². The van der Waals surface area contributed by atoms with Crippen LogP contribution in [0.2, 0.25) is 0 Å². The highest BCUT2D eigenvalue weighted by molar-refractivity contribution is 9.10. The molecule has 0 radical (unpaired) electrons. The summed E-state index contributed by atoms with van der Waals surface area (Å²) in [6, 6.07) is 0. The van der Waals surface area contributed by atoms with Crippen molar-refractivity contribution in [3.05, 3.63) is 26.3 Å². The van der Waals surface area contributed by atoms with Crippen molar-refractivity contribution in [3.8, 4) is 0 Å². The van der Waals surface area contributed by atoms with Crippen molar-refractivity contribution in [2.75, 3.05) is 5.32 Å². The molecule has 1 aromatic heterocycles. The van der Waals surface area contributed by atoms with Gasteiger partial charge in [0.2, 0.25) is 0 Å². The van der Waals surface area contributed by atoms with Gasteiger partial charge >= 0.3 is 5.97 Å². The Labute approximate surface area is 130 Å². The number of rotatable bonds is 4. The van der Waals surface area contributed by atoms with E-state index in [0.29, 0.717) is 28.7 Å². The maximum atomic E-state index is 11.6. The van der Waals surface area contributed by atoms with Crippen LogP contribution >= 0.6 is 15.9 Å². The van der Waals surface area contributed by atoms with Crippen LogP contribution in [0.1, 0.15) is 37.7 Å². The molecule has 0 spiro atoms. The summed E-state index contributed by atoms with van der Waals surface area (Å²) in [5.41, 5.74) is -0.717. The van der Waals surface area contributed by atoms with Gasteiger partial charge in [0, 0.05) is 5.56 Å². The van der Waals surface area contributed by atoms with Gasteiger partial charge in [-0.3, -0.25) is 10.1 Å². The smallest absolute Gasteiger partial charge is 0.329 e. The number of anilines is 1. The van der Waals surface area contributed by atoms with Crippen LogP contribution < -0.4 is 5.32 Å². The number of hydrogen-bond donors (Lipinski definition) is 2. The zero-order chi connectivity index (χ0) is 15.6. The summed E-state index contributed by atoms with van der Waals surface area (Å²) in [7, 11) is 0. The number of halogens is 1. The summed E-state index contributed by atoms with van der Waals surface area (Å²) in [5.74, 6) is -0.575. The van der Waals surface area contributed by atoms with E-state index in [1.165, 1.54) is 0 Å². The number of aromatic nitrogens is 1. The fourth-order valence-electron chi connectivity index (χ4n) is 2.61. The van der Waals surface area contributed by atoms with Crippen LogP contribution in [-0.4, -0.2) is 26.5 Å². The predicted octanol–water partition coefficient (Wildman–Crippen LogP) is 3.26. The average molecular weight is 358 g/mol. The molecule has 2 N–H and O–H groups in total. The normalized spacial score (nSPS) is 17.2. The maximum Gasteiger partial charge on any atom is 0.329 e. The summed E-state index contributed by atoms with van der Waals surface area (Å²) in [6.07, 6.45) is 4.89. The monoisotopic (exact) mass is 357 g/mol. The molecule has 0 aliphatic heterocycles. The lowest BCUT2D eigenvalue weighted by molar-refractivity contribution is -0.385. The van der Waals surface area contributed by atoms with Crippen LogP contribution in [-0.2, 0) is 4.79 Å². The van der Waals surface area contributed by atoms with Crippen molar-refractivity contribution in [2.45, 2.75) is 44.6 Å². The van der Waals surface area contributed by atoms with Gasteiger partial charge in [0.15, 0.2) is 0 Å². The second-order valence-corrected chi connectivity index (χ2v) is 6.05. The Bertz CT molecular complexity index is 585. The number of nitro groups is 1. The number of carboxylic acid groups (broad SMARTS) is 1. The first-order valence-corrected chi connectivity index (χ1v) is 7.48. The summed E-state index contributed by atoms with van der Waals surface area (Å²) in [6.45, 7) is 1.60. The van der Waals surface area contributed by atoms with Crippen molar-refractivity contribution >= 4 is 33.4 Å². The molecule has 1 fully saturated rings. The van der Waals surface area contributed by atoms with Crippen molar-refractivity contribution in [3.63, 3.8) is 0 Å². The van der Waals surface area contributed by atoms with Crippen LogP contribution in [0.3, 0.4) is 0 Å². The van der Waals surface area contributed by atoms with Crippen LogP contribution in [0.4, 0.5) is 11.5 Å². The molecule has 0 saturated heterocycles. The third kappa shape index (κ3) is 2.99. The third-order valence-electron chi connectivity index (χ3n) is 3.91. The molecule has 114 valence electrons. The average Bonchev–Trinajstić information content (AvgIpc) is 2.44. The lowest BCUT2D eigenvalue weighted by atomic mass is 9.81. The summed E-state index contributed by atoms with van der Waals surface area (Å²) in [5, 5.41) is 23.4. The lowest BCUT2D eigenvalue weighted by Crippen LogP contribution is -2.48. The zero-order valence-electron chi connectivity index (χ0n) is 11.6. The number of carboxylic acids is 1. The molecule has 1 heterocycles. The van der Waals surface area contributed by atoms with Crippen LogP contribution in [0.25, 0.3) is 0 Å². The van der Waals surface area contributed by atoms with Gasteiger partial charge in [-0.2, -0.15) is 0 Å². The van der Waals surface area contributed by atoms with Crippen molar-refractivity contribution in [1.29, 1.82) is 0 Å². The van der Waals surface area contributed by atoms with Gasteiger partial charge in [0.25, 0.3) is 5.69 Å². The molecule has 7 nitrogen and oxygen atoms in total. The first kappa shape index (κ1) is 15.7. The van der Waals surface area contributed by atoms with E-state index in [-0.39, 0.29) is 5.69 Å². The Morgan fingerprint density at radius 1 is 1.48 bits per heavy atom. The minimum absolute atomic E-state index is 0.0968. The maximum absolute atomic E-state index is 11.6. The Kier molecular flexibility index (Phi) is 4.46. The Balaban J connectivity index is 2.36. The molecule has 0 unspecified atom stereocenters. The second kappa shape index (κ2) is 5.97. The molecule has 0 aromatic carbocycles. The Morgan fingerprint density at radius 2 is 2.10 bits per heavy atom. The SMILES string of the molecule is Cc1c([N+](=O)[O-])cnc(NC2(C(=O)O)CCCCC2)c1Br. The van der Waals surface area contributed by atoms with Gasteiger partial charge < -0.3 is 10.4 Å². The van der Waals surface area contributed by atoms with Gasteiger partial charge in [0.05, 0.1) is 9.40 Å². The van der Waals surface area contributed by atoms with Gasteiger partial charge in [-0.05, 0) is 35.7 Å². The highest BCUT2D eigenvalue weighted by Crippen LogP contribution is 2.36. The molecule has 0 bridgehead atoms. The Morgan fingerprint density at radius 3 is 2.62 bits per heavy atom. The van der Waals surface area contributed by atoms with E-state index in [2.05, 4.69) is 26.2 Å². The van der Waals surface area contributed by atoms with Gasteiger partial charge in [-0.25, -0.2) is 9.78 Å². The van der Waals surface area contributed by atoms with Gasteiger partial charge in [-0.1, -0.05) is 19.3 Å². The van der Waals surface area contributed by atoms with Crippen LogP contribution in [0, 0.1) is 17.0 Å². The number of pyridine rings is 1. The number of hydrogen-bond acceptors (Lipinski definition) is 5. The number of aliphatic carboxylic acids is 1. The van der Waals surface area contributed by atoms with E-state index in [9.17, 15) is 20.0 Å². The molecule has 0 atom stereocenters. The summed E-state index contributed by atoms with van der Waals surface area (Å²) < 4.78 is 0.433.